The molecule has 2 aromatic rings. The number of hydrogen-bond acceptors (Lipinski definition) is 6. The summed E-state index contributed by atoms with van der Waals surface area (Å²) in [4.78, 5) is 12.6. The summed E-state index contributed by atoms with van der Waals surface area (Å²) in [7, 11) is 0. The van der Waals surface area contributed by atoms with E-state index in [1.54, 1.807) is 12.1 Å². The summed E-state index contributed by atoms with van der Waals surface area (Å²) >= 11 is 0. The summed E-state index contributed by atoms with van der Waals surface area (Å²) in [6, 6.07) is 6.24. The molecule has 1 saturated heterocycles. The first-order valence-electron chi connectivity index (χ1n) is 7.97. The van der Waals surface area contributed by atoms with Crippen LogP contribution in [0.4, 0.5) is 5.69 Å². The van der Waals surface area contributed by atoms with Gasteiger partial charge in [-0.2, -0.15) is 0 Å². The van der Waals surface area contributed by atoms with Crippen LogP contribution in [0.5, 0.6) is 0 Å². The molecule has 0 N–H and O–H groups in total. The van der Waals surface area contributed by atoms with Gasteiger partial charge in [-0.25, -0.2) is 0 Å². The number of hydrogen-bond donors (Lipinski definition) is 0. The first-order chi connectivity index (χ1) is 11.1. The zero-order chi connectivity index (χ0) is 16.2. The molecule has 0 saturated carbocycles. The van der Waals surface area contributed by atoms with E-state index in [0.717, 1.165) is 13.1 Å². The number of nitrogens with zero attached hydrogens (tertiary/aromatic N) is 4. The maximum atomic E-state index is 10.7. The van der Waals surface area contributed by atoms with Crippen molar-refractivity contribution in [1.82, 2.24) is 15.1 Å². The normalized spacial score (nSPS) is 17.6. The first-order valence-corrected chi connectivity index (χ1v) is 7.97. The number of aromatic nitrogens is 2. The van der Waals surface area contributed by atoms with Crippen molar-refractivity contribution in [2.45, 2.75) is 38.6 Å². The lowest BCUT2D eigenvalue weighted by molar-refractivity contribution is -0.384. The lowest BCUT2D eigenvalue weighted by Gasteiger charge is -2.24. The Morgan fingerprint density at radius 2 is 1.78 bits per heavy atom. The Morgan fingerprint density at radius 3 is 2.39 bits per heavy atom. The zero-order valence-corrected chi connectivity index (χ0v) is 13.1. The molecule has 7 nitrogen and oxygen atoms in total. The van der Waals surface area contributed by atoms with Crippen molar-refractivity contribution in [3.05, 3.63) is 40.3 Å². The fourth-order valence-electron chi connectivity index (χ4n) is 2.88. The van der Waals surface area contributed by atoms with Crippen LogP contribution in [0.2, 0.25) is 0 Å². The molecule has 1 fully saturated rings. The van der Waals surface area contributed by atoms with Gasteiger partial charge in [0.05, 0.1) is 11.0 Å². The molecule has 2 heterocycles. The molecular weight excluding hydrogens is 296 g/mol. The molecule has 1 unspecified atom stereocenters. The molecule has 1 aliphatic rings. The van der Waals surface area contributed by atoms with E-state index in [0.29, 0.717) is 17.3 Å². The maximum absolute atomic E-state index is 10.7. The third-order valence-electron chi connectivity index (χ3n) is 4.31. The highest BCUT2D eigenvalue weighted by molar-refractivity contribution is 5.55. The van der Waals surface area contributed by atoms with Gasteiger partial charge in [-0.05, 0) is 45.0 Å². The zero-order valence-electron chi connectivity index (χ0n) is 13.1. The Morgan fingerprint density at radius 1 is 1.13 bits per heavy atom. The average Bonchev–Trinajstić information content (AvgIpc) is 2.90. The van der Waals surface area contributed by atoms with Crippen molar-refractivity contribution in [2.24, 2.45) is 0 Å². The van der Waals surface area contributed by atoms with Crippen LogP contribution in [-0.4, -0.2) is 33.1 Å². The Bertz CT molecular complexity index is 660. The molecule has 0 aliphatic carbocycles. The Labute approximate surface area is 134 Å². The monoisotopic (exact) mass is 316 g/mol. The van der Waals surface area contributed by atoms with Gasteiger partial charge in [0.15, 0.2) is 0 Å². The Hall–Kier alpha value is -2.28. The number of benzene rings is 1. The van der Waals surface area contributed by atoms with Crippen LogP contribution in [0.3, 0.4) is 0 Å². The van der Waals surface area contributed by atoms with Gasteiger partial charge in [0, 0.05) is 17.7 Å². The standard InChI is InChI=1S/C16H20N4O3/c1-12(19-10-4-2-3-5-11-19)15-17-18-16(23-15)13-6-8-14(9-7-13)20(21)22/h6-9,12H,2-5,10-11H2,1H3. The van der Waals surface area contributed by atoms with Crippen molar-refractivity contribution in [2.75, 3.05) is 13.1 Å². The highest BCUT2D eigenvalue weighted by Gasteiger charge is 2.22. The van der Waals surface area contributed by atoms with Crippen LogP contribution < -0.4 is 0 Å². The molecule has 1 aromatic heterocycles. The molecule has 0 spiro atoms. The van der Waals surface area contributed by atoms with E-state index in [2.05, 4.69) is 22.0 Å². The maximum Gasteiger partial charge on any atom is 0.269 e. The second kappa shape index (κ2) is 6.87. The number of non-ortho nitro benzene ring substituents is 1. The summed E-state index contributed by atoms with van der Waals surface area (Å²) in [5.74, 6) is 0.997. The van der Waals surface area contributed by atoms with E-state index in [9.17, 15) is 10.1 Å². The van der Waals surface area contributed by atoms with Gasteiger partial charge in [0.25, 0.3) is 5.69 Å². The van der Waals surface area contributed by atoms with Gasteiger partial charge in [-0.15, -0.1) is 10.2 Å². The van der Waals surface area contributed by atoms with Crippen molar-refractivity contribution in [3.8, 4) is 11.5 Å². The number of nitro groups is 1. The highest BCUT2D eigenvalue weighted by Crippen LogP contribution is 2.26. The summed E-state index contributed by atoms with van der Waals surface area (Å²) in [6.45, 7) is 4.19. The topological polar surface area (TPSA) is 85.3 Å². The second-order valence-electron chi connectivity index (χ2n) is 5.88. The van der Waals surface area contributed by atoms with Crippen LogP contribution in [0.25, 0.3) is 11.5 Å². The van der Waals surface area contributed by atoms with Crippen LogP contribution in [-0.2, 0) is 0 Å². The molecule has 122 valence electrons. The fraction of sp³-hybridized carbons (Fsp3) is 0.500. The molecule has 0 radical (unpaired) electrons. The Kier molecular flexibility index (Phi) is 4.66. The molecule has 0 bridgehead atoms. The molecule has 1 aliphatic heterocycles. The van der Waals surface area contributed by atoms with Crippen LogP contribution in [0.1, 0.15) is 44.5 Å². The van der Waals surface area contributed by atoms with Gasteiger partial charge in [0.2, 0.25) is 11.8 Å². The van der Waals surface area contributed by atoms with Gasteiger partial charge in [0.1, 0.15) is 0 Å². The van der Waals surface area contributed by atoms with E-state index >= 15 is 0 Å². The molecular formula is C16H20N4O3. The van der Waals surface area contributed by atoms with Gasteiger partial charge in [-0.3, -0.25) is 15.0 Å². The van der Waals surface area contributed by atoms with Crippen molar-refractivity contribution in [1.29, 1.82) is 0 Å². The summed E-state index contributed by atoms with van der Waals surface area (Å²) in [5.41, 5.74) is 0.740. The first kappa shape index (κ1) is 15.6. The quantitative estimate of drug-likeness (QED) is 0.633. The predicted octanol–water partition coefficient (Wildman–Crippen LogP) is 3.58. The minimum atomic E-state index is -0.426. The summed E-state index contributed by atoms with van der Waals surface area (Å²) in [6.07, 6.45) is 4.96. The highest BCUT2D eigenvalue weighted by atomic mass is 16.6. The molecule has 1 atom stereocenters. The molecule has 1 aromatic carbocycles. The van der Waals surface area contributed by atoms with Gasteiger partial charge >= 0.3 is 0 Å². The number of likely N-dealkylation sites (tertiary alicyclic amines) is 1. The molecule has 0 amide bonds. The minimum absolute atomic E-state index is 0.0476. The van der Waals surface area contributed by atoms with Crippen molar-refractivity contribution >= 4 is 5.69 Å². The molecule has 23 heavy (non-hydrogen) atoms. The fourth-order valence-corrected chi connectivity index (χ4v) is 2.88. The van der Waals surface area contributed by atoms with Crippen LogP contribution >= 0.6 is 0 Å². The van der Waals surface area contributed by atoms with E-state index in [1.807, 2.05) is 0 Å². The van der Waals surface area contributed by atoms with Crippen molar-refractivity contribution < 1.29 is 9.34 Å². The van der Waals surface area contributed by atoms with Crippen LogP contribution in [0, 0.1) is 10.1 Å². The van der Waals surface area contributed by atoms with Crippen molar-refractivity contribution in [3.63, 3.8) is 0 Å². The largest absolute Gasteiger partial charge is 0.419 e. The lowest BCUT2D eigenvalue weighted by Crippen LogP contribution is -2.28. The third-order valence-corrected chi connectivity index (χ3v) is 4.31. The molecule has 3 rings (SSSR count). The average molecular weight is 316 g/mol. The number of rotatable bonds is 4. The van der Waals surface area contributed by atoms with Gasteiger partial charge < -0.3 is 4.42 Å². The summed E-state index contributed by atoms with van der Waals surface area (Å²) in [5, 5.41) is 18.9. The minimum Gasteiger partial charge on any atom is -0.419 e. The Balaban J connectivity index is 1.75. The predicted molar refractivity (Wildman–Crippen MR) is 84.8 cm³/mol. The van der Waals surface area contributed by atoms with E-state index in [-0.39, 0.29) is 11.7 Å². The smallest absolute Gasteiger partial charge is 0.269 e. The third kappa shape index (κ3) is 3.56. The van der Waals surface area contributed by atoms with E-state index < -0.39 is 4.92 Å². The molecule has 7 heteroatoms. The summed E-state index contributed by atoms with van der Waals surface area (Å²) < 4.78 is 5.79. The number of nitro benzene ring substituents is 1. The van der Waals surface area contributed by atoms with E-state index in [4.69, 9.17) is 4.42 Å². The van der Waals surface area contributed by atoms with E-state index in [1.165, 1.54) is 37.8 Å². The lowest BCUT2D eigenvalue weighted by atomic mass is 10.2. The van der Waals surface area contributed by atoms with Gasteiger partial charge in [-0.1, -0.05) is 12.8 Å². The van der Waals surface area contributed by atoms with Crippen LogP contribution in [0.15, 0.2) is 28.7 Å². The second-order valence-corrected chi connectivity index (χ2v) is 5.88. The SMILES string of the molecule is CC(c1nnc(-c2ccc([N+](=O)[O-])cc2)o1)N1CCCCCC1.